The van der Waals surface area contributed by atoms with Crippen LogP contribution < -0.4 is 0 Å². The number of aldehydes is 1. The minimum atomic E-state index is -0.864. The van der Waals surface area contributed by atoms with Gasteiger partial charge >= 0.3 is 0 Å². The van der Waals surface area contributed by atoms with Gasteiger partial charge in [-0.3, -0.25) is 0 Å². The number of aliphatic hydroxyl groups excluding tert-OH is 1. The Bertz CT molecular complexity index is 376. The van der Waals surface area contributed by atoms with Crippen molar-refractivity contribution in [3.63, 3.8) is 0 Å². The largest absolute Gasteiger partial charge is 0.395 e. The van der Waals surface area contributed by atoms with E-state index in [4.69, 9.17) is 0 Å². The van der Waals surface area contributed by atoms with E-state index in [9.17, 15) is 14.3 Å². The van der Waals surface area contributed by atoms with E-state index in [0.717, 1.165) is 6.29 Å². The summed E-state index contributed by atoms with van der Waals surface area (Å²) in [5.74, 6) is -0.278. The van der Waals surface area contributed by atoms with Crippen molar-refractivity contribution in [2.45, 2.75) is 18.3 Å². The van der Waals surface area contributed by atoms with Crippen molar-refractivity contribution in [2.24, 2.45) is 0 Å². The Morgan fingerprint density at radius 2 is 2.36 bits per heavy atom. The van der Waals surface area contributed by atoms with Crippen molar-refractivity contribution in [3.05, 3.63) is 35.1 Å². The number of hydrogen-bond acceptors (Lipinski definition) is 2. The summed E-state index contributed by atoms with van der Waals surface area (Å²) in [6, 6.07) is 4.68. The standard InChI is InChI=1S/C11H11FO2/c12-10-3-1-2-9-8(10)4-5-11(9,6-13)7-14/h1-3,6,14H,4-5,7H2. The maximum Gasteiger partial charge on any atom is 0.132 e. The molecule has 1 aromatic carbocycles. The highest BCUT2D eigenvalue weighted by Gasteiger charge is 2.39. The number of hydrogen-bond donors (Lipinski definition) is 1. The molecule has 1 unspecified atom stereocenters. The fourth-order valence-electron chi connectivity index (χ4n) is 2.09. The molecule has 1 aliphatic carbocycles. The third kappa shape index (κ3) is 1.09. The number of carbonyl (C=O) groups is 1. The second-order valence-corrected chi connectivity index (χ2v) is 3.70. The molecule has 1 N–H and O–H groups in total. The molecule has 0 aromatic heterocycles. The molecule has 1 aliphatic rings. The second kappa shape index (κ2) is 3.17. The Morgan fingerprint density at radius 3 is 3.00 bits per heavy atom. The van der Waals surface area contributed by atoms with Gasteiger partial charge in [0.25, 0.3) is 0 Å². The maximum atomic E-state index is 13.3. The topological polar surface area (TPSA) is 37.3 Å². The molecule has 0 fully saturated rings. The summed E-state index contributed by atoms with van der Waals surface area (Å²) in [6.07, 6.45) is 1.77. The molecule has 0 saturated carbocycles. The molecule has 2 rings (SSSR count). The van der Waals surface area contributed by atoms with E-state index in [2.05, 4.69) is 0 Å². The molecular weight excluding hydrogens is 183 g/mol. The average molecular weight is 194 g/mol. The Morgan fingerprint density at radius 1 is 1.57 bits per heavy atom. The minimum Gasteiger partial charge on any atom is -0.395 e. The number of fused-ring (bicyclic) bond motifs is 1. The van der Waals surface area contributed by atoms with Crippen LogP contribution in [-0.4, -0.2) is 18.0 Å². The van der Waals surface area contributed by atoms with Crippen LogP contribution >= 0.6 is 0 Å². The lowest BCUT2D eigenvalue weighted by Crippen LogP contribution is -2.29. The first-order valence-corrected chi connectivity index (χ1v) is 4.58. The van der Waals surface area contributed by atoms with Gasteiger partial charge in [0.1, 0.15) is 12.1 Å². The van der Waals surface area contributed by atoms with Crippen molar-refractivity contribution in [2.75, 3.05) is 6.61 Å². The molecule has 2 nitrogen and oxygen atoms in total. The van der Waals surface area contributed by atoms with Crippen LogP contribution in [0.4, 0.5) is 4.39 Å². The highest BCUT2D eigenvalue weighted by atomic mass is 19.1. The predicted molar refractivity (Wildman–Crippen MR) is 49.5 cm³/mol. The van der Waals surface area contributed by atoms with E-state index < -0.39 is 5.41 Å². The molecule has 3 heteroatoms. The number of benzene rings is 1. The number of rotatable bonds is 2. The first kappa shape index (κ1) is 9.34. The van der Waals surface area contributed by atoms with Crippen molar-refractivity contribution >= 4 is 6.29 Å². The van der Waals surface area contributed by atoms with Gasteiger partial charge in [-0.15, -0.1) is 0 Å². The number of carbonyl (C=O) groups excluding carboxylic acids is 1. The molecule has 74 valence electrons. The first-order chi connectivity index (χ1) is 6.73. The Hall–Kier alpha value is -1.22. The van der Waals surface area contributed by atoms with Crippen LogP contribution in [0.1, 0.15) is 17.5 Å². The highest BCUT2D eigenvalue weighted by Crippen LogP contribution is 2.38. The molecule has 1 aromatic rings. The maximum absolute atomic E-state index is 13.3. The third-order valence-corrected chi connectivity index (χ3v) is 2.98. The van der Waals surface area contributed by atoms with E-state index in [1.807, 2.05) is 0 Å². The monoisotopic (exact) mass is 194 g/mol. The van der Waals surface area contributed by atoms with Crippen molar-refractivity contribution in [3.8, 4) is 0 Å². The summed E-state index contributed by atoms with van der Waals surface area (Å²) in [5.41, 5.74) is 0.362. The van der Waals surface area contributed by atoms with Crippen LogP contribution in [0.2, 0.25) is 0 Å². The molecule has 0 spiro atoms. The number of aliphatic hydroxyl groups is 1. The molecular formula is C11H11FO2. The smallest absolute Gasteiger partial charge is 0.132 e. The lowest BCUT2D eigenvalue weighted by Gasteiger charge is -2.20. The molecule has 0 radical (unpaired) electrons. The van der Waals surface area contributed by atoms with E-state index in [-0.39, 0.29) is 12.4 Å². The Kier molecular flexibility index (Phi) is 2.11. The van der Waals surface area contributed by atoms with Gasteiger partial charge in [-0.1, -0.05) is 12.1 Å². The van der Waals surface area contributed by atoms with Gasteiger partial charge in [-0.05, 0) is 30.0 Å². The molecule has 0 aliphatic heterocycles. The molecule has 0 heterocycles. The summed E-state index contributed by atoms with van der Waals surface area (Å²) >= 11 is 0. The molecule has 0 amide bonds. The van der Waals surface area contributed by atoms with Crippen LogP contribution in [0, 0.1) is 5.82 Å². The van der Waals surface area contributed by atoms with Crippen LogP contribution in [0.3, 0.4) is 0 Å². The second-order valence-electron chi connectivity index (χ2n) is 3.70. The van der Waals surface area contributed by atoms with Gasteiger partial charge in [-0.25, -0.2) is 4.39 Å². The quantitative estimate of drug-likeness (QED) is 0.718. The minimum absolute atomic E-state index is 0.243. The van der Waals surface area contributed by atoms with E-state index >= 15 is 0 Å². The molecule has 1 atom stereocenters. The highest BCUT2D eigenvalue weighted by molar-refractivity contribution is 5.72. The Labute approximate surface area is 81.4 Å². The molecule has 14 heavy (non-hydrogen) atoms. The fraction of sp³-hybridized carbons (Fsp3) is 0.364. The van der Waals surface area contributed by atoms with Crippen LogP contribution in [-0.2, 0) is 16.6 Å². The van der Waals surface area contributed by atoms with E-state index in [0.29, 0.717) is 24.0 Å². The van der Waals surface area contributed by atoms with Crippen molar-refractivity contribution < 1.29 is 14.3 Å². The van der Waals surface area contributed by atoms with Gasteiger partial charge in [0.2, 0.25) is 0 Å². The summed E-state index contributed by atoms with van der Waals surface area (Å²) in [7, 11) is 0. The number of halogens is 1. The third-order valence-electron chi connectivity index (χ3n) is 2.98. The van der Waals surface area contributed by atoms with Gasteiger partial charge < -0.3 is 9.90 Å². The summed E-state index contributed by atoms with van der Waals surface area (Å²) in [6.45, 7) is -0.243. The zero-order valence-electron chi connectivity index (χ0n) is 7.66. The SMILES string of the molecule is O=CC1(CO)CCc2c(F)cccc21. The summed E-state index contributed by atoms with van der Waals surface area (Å²) in [5, 5.41) is 9.20. The predicted octanol–water partition coefficient (Wildman–Crippen LogP) is 1.20. The summed E-state index contributed by atoms with van der Waals surface area (Å²) < 4.78 is 13.3. The lowest BCUT2D eigenvalue weighted by molar-refractivity contribution is -0.113. The van der Waals surface area contributed by atoms with Crippen LogP contribution in [0.5, 0.6) is 0 Å². The first-order valence-electron chi connectivity index (χ1n) is 4.58. The normalized spacial score (nSPS) is 24.7. The van der Waals surface area contributed by atoms with Gasteiger partial charge in [0, 0.05) is 0 Å². The summed E-state index contributed by atoms with van der Waals surface area (Å²) in [4.78, 5) is 11.0. The molecule has 0 saturated heterocycles. The van der Waals surface area contributed by atoms with Crippen molar-refractivity contribution in [1.29, 1.82) is 0 Å². The Balaban J connectivity index is 2.59. The van der Waals surface area contributed by atoms with Gasteiger partial charge in [0.15, 0.2) is 0 Å². The average Bonchev–Trinajstić information content (AvgIpc) is 2.59. The van der Waals surface area contributed by atoms with E-state index in [1.165, 1.54) is 6.07 Å². The zero-order chi connectivity index (χ0) is 10.2. The van der Waals surface area contributed by atoms with Gasteiger partial charge in [0.05, 0.1) is 12.0 Å². The van der Waals surface area contributed by atoms with Crippen LogP contribution in [0.25, 0.3) is 0 Å². The van der Waals surface area contributed by atoms with Gasteiger partial charge in [-0.2, -0.15) is 0 Å². The zero-order valence-corrected chi connectivity index (χ0v) is 7.66. The molecule has 0 bridgehead atoms. The van der Waals surface area contributed by atoms with Crippen LogP contribution in [0.15, 0.2) is 18.2 Å². The lowest BCUT2D eigenvalue weighted by atomic mass is 9.84. The fourth-order valence-corrected chi connectivity index (χ4v) is 2.09. The van der Waals surface area contributed by atoms with Crippen molar-refractivity contribution in [1.82, 2.24) is 0 Å². The van der Waals surface area contributed by atoms with E-state index in [1.54, 1.807) is 12.1 Å².